The van der Waals surface area contributed by atoms with Gasteiger partial charge in [0, 0.05) is 16.8 Å². The summed E-state index contributed by atoms with van der Waals surface area (Å²) in [4.78, 5) is 25.4. The van der Waals surface area contributed by atoms with Gasteiger partial charge in [-0.1, -0.05) is 17.7 Å². The van der Waals surface area contributed by atoms with Gasteiger partial charge in [0.2, 0.25) is 0 Å². The zero-order valence-electron chi connectivity index (χ0n) is 11.7. The fraction of sp³-hybridized carbons (Fsp3) is 0.200. The maximum Gasteiger partial charge on any atom is 0.184 e. The second-order valence-electron chi connectivity index (χ2n) is 4.86. The number of carbonyl (C=O) groups is 2. The standard InChI is InChI=1S/C15H13ClO4S2/c1-22(19,20)9-12(15(18)13-3-2-8-21-13)14(17)10-4-6-11(16)7-5-10/h2-8,12H,9H2,1H3. The van der Waals surface area contributed by atoms with E-state index in [-0.39, 0.29) is 5.56 Å². The van der Waals surface area contributed by atoms with Gasteiger partial charge in [0.05, 0.1) is 10.6 Å². The van der Waals surface area contributed by atoms with Gasteiger partial charge in [-0.3, -0.25) is 9.59 Å². The second kappa shape index (κ2) is 6.73. The summed E-state index contributed by atoms with van der Waals surface area (Å²) in [6.07, 6.45) is 1.01. The van der Waals surface area contributed by atoms with Crippen LogP contribution in [0, 0.1) is 5.92 Å². The number of halogens is 1. The summed E-state index contributed by atoms with van der Waals surface area (Å²) >= 11 is 6.96. The molecule has 1 aromatic heterocycles. The molecule has 0 saturated heterocycles. The Morgan fingerprint density at radius 2 is 1.77 bits per heavy atom. The third-order valence-electron chi connectivity index (χ3n) is 3.00. The van der Waals surface area contributed by atoms with Gasteiger partial charge >= 0.3 is 0 Å². The molecule has 1 unspecified atom stereocenters. The van der Waals surface area contributed by atoms with E-state index in [0.29, 0.717) is 9.90 Å². The highest BCUT2D eigenvalue weighted by Gasteiger charge is 2.32. The van der Waals surface area contributed by atoms with E-state index < -0.39 is 33.1 Å². The van der Waals surface area contributed by atoms with Gasteiger partial charge in [-0.05, 0) is 35.7 Å². The molecule has 4 nitrogen and oxygen atoms in total. The Morgan fingerprint density at radius 3 is 2.27 bits per heavy atom. The Labute approximate surface area is 137 Å². The van der Waals surface area contributed by atoms with Crippen LogP contribution in [0.3, 0.4) is 0 Å². The lowest BCUT2D eigenvalue weighted by Gasteiger charge is -2.13. The minimum Gasteiger partial charge on any atom is -0.293 e. The van der Waals surface area contributed by atoms with Crippen molar-refractivity contribution >= 4 is 44.3 Å². The van der Waals surface area contributed by atoms with E-state index in [0.717, 1.165) is 6.26 Å². The van der Waals surface area contributed by atoms with Crippen molar-refractivity contribution in [1.82, 2.24) is 0 Å². The smallest absolute Gasteiger partial charge is 0.184 e. The van der Waals surface area contributed by atoms with E-state index in [9.17, 15) is 18.0 Å². The number of carbonyl (C=O) groups excluding carboxylic acids is 2. The minimum absolute atomic E-state index is 0.267. The van der Waals surface area contributed by atoms with Gasteiger partial charge < -0.3 is 0 Å². The van der Waals surface area contributed by atoms with Crippen LogP contribution in [0.4, 0.5) is 0 Å². The number of hydrogen-bond acceptors (Lipinski definition) is 5. The summed E-state index contributed by atoms with van der Waals surface area (Å²) in [6, 6.07) is 9.30. The summed E-state index contributed by atoms with van der Waals surface area (Å²) in [5.41, 5.74) is 0.267. The van der Waals surface area contributed by atoms with Crippen LogP contribution in [-0.2, 0) is 9.84 Å². The Bertz CT molecular complexity index is 777. The van der Waals surface area contributed by atoms with E-state index in [2.05, 4.69) is 0 Å². The van der Waals surface area contributed by atoms with Gasteiger partial charge in [0.1, 0.15) is 15.8 Å². The fourth-order valence-electron chi connectivity index (χ4n) is 1.98. The van der Waals surface area contributed by atoms with E-state index >= 15 is 0 Å². The summed E-state index contributed by atoms with van der Waals surface area (Å²) in [5, 5.41) is 2.16. The maximum atomic E-state index is 12.5. The van der Waals surface area contributed by atoms with Crippen molar-refractivity contribution in [3.63, 3.8) is 0 Å². The topological polar surface area (TPSA) is 68.3 Å². The lowest BCUT2D eigenvalue weighted by molar-refractivity contribution is 0.0825. The molecule has 0 saturated carbocycles. The second-order valence-corrected chi connectivity index (χ2v) is 8.43. The Morgan fingerprint density at radius 1 is 1.14 bits per heavy atom. The largest absolute Gasteiger partial charge is 0.293 e. The number of sulfone groups is 1. The highest BCUT2D eigenvalue weighted by atomic mass is 35.5. The number of Topliss-reactive ketones (excluding diaryl/α,β-unsaturated/α-hetero) is 2. The van der Waals surface area contributed by atoms with Crippen molar-refractivity contribution in [2.24, 2.45) is 5.92 Å². The molecule has 1 aromatic carbocycles. The Kier molecular flexibility index (Phi) is 5.16. The number of rotatable bonds is 6. The van der Waals surface area contributed by atoms with E-state index in [4.69, 9.17) is 11.6 Å². The van der Waals surface area contributed by atoms with Crippen molar-refractivity contribution in [2.45, 2.75) is 0 Å². The molecule has 0 aliphatic carbocycles. The molecule has 0 amide bonds. The van der Waals surface area contributed by atoms with Crippen LogP contribution in [-0.4, -0.2) is 32.0 Å². The van der Waals surface area contributed by atoms with Crippen molar-refractivity contribution in [3.05, 3.63) is 57.2 Å². The third-order valence-corrected chi connectivity index (χ3v) is 5.07. The predicted molar refractivity (Wildman–Crippen MR) is 87.6 cm³/mol. The molecular weight excluding hydrogens is 344 g/mol. The minimum atomic E-state index is -3.48. The molecule has 22 heavy (non-hydrogen) atoms. The molecule has 2 aromatic rings. The first-order valence-corrected chi connectivity index (χ1v) is 9.65. The summed E-state index contributed by atoms with van der Waals surface area (Å²) < 4.78 is 23.2. The molecule has 0 aliphatic heterocycles. The van der Waals surface area contributed by atoms with Gasteiger partial charge in [-0.2, -0.15) is 0 Å². The normalized spacial score (nSPS) is 12.8. The van der Waals surface area contributed by atoms with Crippen LogP contribution in [0.2, 0.25) is 5.02 Å². The van der Waals surface area contributed by atoms with Gasteiger partial charge in [0.25, 0.3) is 0 Å². The maximum absolute atomic E-state index is 12.5. The molecule has 0 bridgehead atoms. The molecule has 0 radical (unpaired) electrons. The van der Waals surface area contributed by atoms with Gasteiger partial charge in [-0.25, -0.2) is 8.42 Å². The molecule has 116 valence electrons. The first-order chi connectivity index (χ1) is 10.3. The van der Waals surface area contributed by atoms with E-state index in [1.165, 1.54) is 35.6 Å². The van der Waals surface area contributed by atoms with Gasteiger partial charge in [0.15, 0.2) is 11.6 Å². The average molecular weight is 357 g/mol. The van der Waals surface area contributed by atoms with Crippen molar-refractivity contribution < 1.29 is 18.0 Å². The molecule has 7 heteroatoms. The molecule has 0 spiro atoms. The lowest BCUT2D eigenvalue weighted by Crippen LogP contribution is -2.30. The number of hydrogen-bond donors (Lipinski definition) is 0. The van der Waals surface area contributed by atoms with E-state index in [1.807, 2.05) is 0 Å². The molecule has 0 fully saturated rings. The van der Waals surface area contributed by atoms with Crippen molar-refractivity contribution in [2.75, 3.05) is 12.0 Å². The van der Waals surface area contributed by atoms with Crippen LogP contribution < -0.4 is 0 Å². The fourth-order valence-corrected chi connectivity index (χ4v) is 3.73. The zero-order chi connectivity index (χ0) is 16.3. The van der Waals surface area contributed by atoms with E-state index in [1.54, 1.807) is 17.5 Å². The molecule has 0 aliphatic rings. The highest BCUT2D eigenvalue weighted by Crippen LogP contribution is 2.21. The van der Waals surface area contributed by atoms with Crippen LogP contribution in [0.15, 0.2) is 41.8 Å². The summed E-state index contributed by atoms with van der Waals surface area (Å²) in [6.45, 7) is 0. The van der Waals surface area contributed by atoms with Crippen LogP contribution in [0.5, 0.6) is 0 Å². The molecular formula is C15H13ClO4S2. The average Bonchev–Trinajstić information content (AvgIpc) is 2.97. The van der Waals surface area contributed by atoms with Crippen molar-refractivity contribution in [1.29, 1.82) is 0 Å². The third kappa shape index (κ3) is 4.25. The molecule has 1 atom stereocenters. The number of ketones is 2. The van der Waals surface area contributed by atoms with Crippen LogP contribution in [0.25, 0.3) is 0 Å². The molecule has 0 N–H and O–H groups in total. The lowest BCUT2D eigenvalue weighted by atomic mass is 9.94. The zero-order valence-corrected chi connectivity index (χ0v) is 14.0. The monoisotopic (exact) mass is 356 g/mol. The van der Waals surface area contributed by atoms with Crippen LogP contribution in [0.1, 0.15) is 20.0 Å². The SMILES string of the molecule is CS(=O)(=O)CC(C(=O)c1ccc(Cl)cc1)C(=O)c1cccs1. The Hall–Kier alpha value is -1.50. The van der Waals surface area contributed by atoms with Crippen LogP contribution >= 0.6 is 22.9 Å². The van der Waals surface area contributed by atoms with Crippen molar-refractivity contribution in [3.8, 4) is 0 Å². The quantitative estimate of drug-likeness (QED) is 0.589. The first-order valence-electron chi connectivity index (χ1n) is 6.33. The molecule has 2 rings (SSSR count). The Balaban J connectivity index is 2.37. The number of benzene rings is 1. The number of thiophene rings is 1. The predicted octanol–water partition coefficient (Wildman–Crippen LogP) is 3.13. The first kappa shape index (κ1) is 16.9. The van der Waals surface area contributed by atoms with Gasteiger partial charge in [-0.15, -0.1) is 11.3 Å². The molecule has 1 heterocycles. The summed E-state index contributed by atoms with van der Waals surface area (Å²) in [7, 11) is -3.48. The highest BCUT2D eigenvalue weighted by molar-refractivity contribution is 7.90. The summed E-state index contributed by atoms with van der Waals surface area (Å²) in [5.74, 6) is -2.73.